The molecule has 51 heavy (non-hydrogen) atoms. The molecule has 0 aliphatic carbocycles. The predicted octanol–water partition coefficient (Wildman–Crippen LogP) is 7.96. The minimum atomic E-state index is -0.990. The van der Waals surface area contributed by atoms with E-state index in [4.69, 9.17) is 14.6 Å². The fourth-order valence-corrected chi connectivity index (χ4v) is 6.70. The van der Waals surface area contributed by atoms with E-state index in [1.165, 1.54) is 16.3 Å². The number of nitrogens with zero attached hydrogens (tertiary/aromatic N) is 1. The highest BCUT2D eigenvalue weighted by molar-refractivity contribution is 5.83. The number of aliphatic hydroxyl groups excluding tert-OH is 1. The molecule has 0 saturated carbocycles. The third-order valence-corrected chi connectivity index (χ3v) is 10.0. The van der Waals surface area contributed by atoms with Crippen molar-refractivity contribution in [2.75, 3.05) is 13.6 Å². The van der Waals surface area contributed by atoms with Gasteiger partial charge in [0.25, 0.3) is 0 Å². The molecule has 0 spiro atoms. The lowest BCUT2D eigenvalue weighted by Gasteiger charge is -2.43. The van der Waals surface area contributed by atoms with Gasteiger partial charge in [-0.3, -0.25) is 14.5 Å². The molecule has 0 bridgehead atoms. The van der Waals surface area contributed by atoms with Crippen LogP contribution >= 0.6 is 0 Å². The van der Waals surface area contributed by atoms with Crippen LogP contribution in [0, 0.1) is 5.92 Å². The van der Waals surface area contributed by atoms with Gasteiger partial charge in [-0.05, 0) is 70.3 Å². The zero-order valence-corrected chi connectivity index (χ0v) is 29.4. The molecule has 1 aliphatic heterocycles. The van der Waals surface area contributed by atoms with Crippen LogP contribution in [-0.4, -0.2) is 46.7 Å². The third-order valence-electron chi connectivity index (χ3n) is 10.0. The van der Waals surface area contributed by atoms with E-state index in [0.717, 1.165) is 33.4 Å². The highest BCUT2D eigenvalue weighted by Gasteiger charge is 2.39. The van der Waals surface area contributed by atoms with Gasteiger partial charge in [0.2, 0.25) is 5.91 Å². The Hall–Kier alpha value is -4.86. The first-order chi connectivity index (χ1) is 24.7. The smallest absolute Gasteiger partial charge is 0.303 e. The van der Waals surface area contributed by atoms with Crippen LogP contribution in [0.15, 0.2) is 115 Å². The van der Waals surface area contributed by atoms with E-state index in [9.17, 15) is 14.7 Å². The Morgan fingerprint density at radius 1 is 0.784 bits per heavy atom. The molecule has 5 atom stereocenters. The first-order valence-electron chi connectivity index (χ1n) is 17.6. The van der Waals surface area contributed by atoms with E-state index in [1.54, 1.807) is 0 Å². The van der Waals surface area contributed by atoms with Crippen LogP contribution in [0.25, 0.3) is 21.9 Å². The highest BCUT2D eigenvalue weighted by Crippen LogP contribution is 2.42. The molecule has 6 rings (SSSR count). The van der Waals surface area contributed by atoms with Crippen molar-refractivity contribution in [3.63, 3.8) is 0 Å². The van der Waals surface area contributed by atoms with Crippen LogP contribution in [0.2, 0.25) is 0 Å². The number of likely N-dealkylation sites (N-methyl/N-ethyl adjacent to an activating group) is 1. The largest absolute Gasteiger partial charge is 0.481 e. The summed E-state index contributed by atoms with van der Waals surface area (Å²) < 4.78 is 13.5. The van der Waals surface area contributed by atoms with Gasteiger partial charge in [-0.1, -0.05) is 110 Å². The number of amides is 1. The Morgan fingerprint density at radius 2 is 1.51 bits per heavy atom. The van der Waals surface area contributed by atoms with E-state index in [-0.39, 0.29) is 49.5 Å². The number of aliphatic hydroxyl groups is 1. The summed E-state index contributed by atoms with van der Waals surface area (Å²) in [5.41, 5.74) is 7.01. The van der Waals surface area contributed by atoms with Crippen LogP contribution in [0.5, 0.6) is 0 Å². The molecule has 8 heteroatoms. The fourth-order valence-electron chi connectivity index (χ4n) is 6.70. The zero-order chi connectivity index (χ0) is 35.9. The Balaban J connectivity index is 1.19. The van der Waals surface area contributed by atoms with Crippen molar-refractivity contribution in [3.05, 3.63) is 143 Å². The van der Waals surface area contributed by atoms with Gasteiger partial charge in [0, 0.05) is 37.0 Å². The van der Waals surface area contributed by atoms with Crippen molar-refractivity contribution < 1.29 is 29.3 Å². The van der Waals surface area contributed by atoms with Crippen molar-refractivity contribution >= 4 is 22.6 Å². The van der Waals surface area contributed by atoms with Gasteiger partial charge < -0.3 is 25.0 Å². The monoisotopic (exact) mass is 686 g/mol. The summed E-state index contributed by atoms with van der Waals surface area (Å²) in [7, 11) is 2.15. The molecule has 264 valence electrons. The number of nitrogens with one attached hydrogen (secondary N) is 1. The second-order valence-corrected chi connectivity index (χ2v) is 13.5. The van der Waals surface area contributed by atoms with E-state index in [1.807, 2.05) is 60.7 Å². The molecule has 1 heterocycles. The summed E-state index contributed by atoms with van der Waals surface area (Å²) in [6, 6.07) is 39.4. The number of carbonyl (C=O) groups is 2. The van der Waals surface area contributed by atoms with Gasteiger partial charge in [0.15, 0.2) is 6.29 Å². The molecular weight excluding hydrogens is 640 g/mol. The Kier molecular flexibility index (Phi) is 11.6. The Morgan fingerprint density at radius 3 is 2.24 bits per heavy atom. The summed E-state index contributed by atoms with van der Waals surface area (Å²) in [6.07, 6.45) is -1.16. The molecular formula is C43H46N2O6. The number of fused-ring (bicyclic) bond motifs is 1. The van der Waals surface area contributed by atoms with Crippen molar-refractivity contribution in [1.29, 1.82) is 0 Å². The topological polar surface area (TPSA) is 108 Å². The maximum Gasteiger partial charge on any atom is 0.303 e. The maximum absolute atomic E-state index is 12.0. The second kappa shape index (κ2) is 16.4. The first-order valence-corrected chi connectivity index (χ1v) is 17.6. The molecule has 0 aromatic heterocycles. The standard InChI is InChI=1S/C43H46N2O6/c1-28-39(26-45(3)29(2)36-20-17-32-8-4-5-9-38(32)24-36)50-43(51-42(28)34-13-11-30(27-46)12-14-34)35-18-15-33(16-19-35)37-10-6-7-31(23-37)25-44-40(47)21-22-41(48)49/h4-20,23-24,28-29,39,42-43,46H,21-22,25-27H2,1-3H3,(H,44,47)(H,48,49). The fraction of sp³-hybridized carbons (Fsp3) is 0.302. The van der Waals surface area contributed by atoms with Gasteiger partial charge in [-0.15, -0.1) is 0 Å². The lowest BCUT2D eigenvalue weighted by molar-refractivity contribution is -0.276. The molecule has 1 aliphatic rings. The van der Waals surface area contributed by atoms with Gasteiger partial charge in [-0.2, -0.15) is 0 Å². The van der Waals surface area contributed by atoms with E-state index in [0.29, 0.717) is 13.1 Å². The predicted molar refractivity (Wildman–Crippen MR) is 199 cm³/mol. The summed E-state index contributed by atoms with van der Waals surface area (Å²) in [4.78, 5) is 25.2. The Bertz CT molecular complexity index is 1940. The average molecular weight is 687 g/mol. The number of carbonyl (C=O) groups excluding carboxylic acids is 1. The second-order valence-electron chi connectivity index (χ2n) is 13.5. The molecule has 1 amide bonds. The summed E-state index contributed by atoms with van der Waals surface area (Å²) in [5.74, 6) is -1.22. The van der Waals surface area contributed by atoms with E-state index >= 15 is 0 Å². The molecule has 5 aromatic rings. The van der Waals surface area contributed by atoms with E-state index in [2.05, 4.69) is 85.7 Å². The zero-order valence-electron chi connectivity index (χ0n) is 29.4. The normalized spacial score (nSPS) is 19.5. The molecule has 1 saturated heterocycles. The van der Waals surface area contributed by atoms with Gasteiger partial charge in [0.1, 0.15) is 0 Å². The van der Waals surface area contributed by atoms with Crippen molar-refractivity contribution in [1.82, 2.24) is 10.2 Å². The van der Waals surface area contributed by atoms with Crippen molar-refractivity contribution in [3.8, 4) is 11.1 Å². The number of carboxylic acids is 1. The van der Waals surface area contributed by atoms with E-state index < -0.39 is 12.3 Å². The molecule has 1 fully saturated rings. The van der Waals surface area contributed by atoms with Gasteiger partial charge in [-0.25, -0.2) is 0 Å². The summed E-state index contributed by atoms with van der Waals surface area (Å²) in [5, 5.41) is 23.7. The number of aliphatic carboxylic acids is 1. The Labute approximate surface area is 299 Å². The molecule has 5 aromatic carbocycles. The van der Waals surface area contributed by atoms with Gasteiger partial charge in [0.05, 0.1) is 25.2 Å². The number of hydrogen-bond acceptors (Lipinski definition) is 6. The van der Waals surface area contributed by atoms with Crippen LogP contribution in [0.4, 0.5) is 0 Å². The number of rotatable bonds is 13. The minimum Gasteiger partial charge on any atom is -0.481 e. The lowest BCUT2D eigenvalue weighted by Crippen LogP contribution is -2.44. The number of ether oxygens (including phenoxy) is 2. The highest BCUT2D eigenvalue weighted by atomic mass is 16.7. The third kappa shape index (κ3) is 8.90. The van der Waals surface area contributed by atoms with Gasteiger partial charge >= 0.3 is 5.97 Å². The minimum absolute atomic E-state index is 0.0101. The molecule has 0 radical (unpaired) electrons. The van der Waals surface area contributed by atoms with Crippen LogP contribution in [-0.2, 0) is 32.2 Å². The maximum atomic E-state index is 12.0. The summed E-state index contributed by atoms with van der Waals surface area (Å²) in [6.45, 7) is 5.44. The summed E-state index contributed by atoms with van der Waals surface area (Å²) >= 11 is 0. The SMILES string of the molecule is CC1C(CN(C)C(C)c2ccc3ccccc3c2)OC(c2ccc(-c3cccc(CNC(=O)CCC(=O)O)c3)cc2)OC1c1ccc(CO)cc1. The van der Waals surface area contributed by atoms with Crippen LogP contribution < -0.4 is 5.32 Å². The quantitative estimate of drug-likeness (QED) is 0.115. The first kappa shape index (κ1) is 35.9. The number of benzene rings is 5. The van der Waals surface area contributed by atoms with Crippen molar-refractivity contribution in [2.24, 2.45) is 5.92 Å². The van der Waals surface area contributed by atoms with Crippen LogP contribution in [0.3, 0.4) is 0 Å². The molecule has 5 unspecified atom stereocenters. The average Bonchev–Trinajstić information content (AvgIpc) is 3.16. The van der Waals surface area contributed by atoms with Crippen molar-refractivity contribution in [2.45, 2.75) is 64.4 Å². The molecule has 3 N–H and O–H groups in total. The lowest BCUT2D eigenvalue weighted by atomic mass is 9.89. The molecule has 8 nitrogen and oxygen atoms in total. The number of carboxylic acid groups (broad SMARTS) is 1. The number of hydrogen-bond donors (Lipinski definition) is 3. The van der Waals surface area contributed by atoms with Crippen LogP contribution in [0.1, 0.15) is 72.9 Å².